The molecular weight excluding hydrogens is 408 g/mol. The Morgan fingerprint density at radius 3 is 2.13 bits per heavy atom. The largest absolute Gasteiger partial charge is 0.408 e. The van der Waals surface area contributed by atoms with Gasteiger partial charge in [-0.3, -0.25) is 4.98 Å². The average Bonchev–Trinajstić information content (AvgIpc) is 2.84. The first-order valence-corrected chi connectivity index (χ1v) is 13.8. The van der Waals surface area contributed by atoms with Crippen molar-refractivity contribution < 1.29 is 13.2 Å². The molecule has 0 saturated carbocycles. The normalized spacial score (nSPS) is 22.1. The summed E-state index contributed by atoms with van der Waals surface area (Å²) in [5.41, 5.74) is 3.94. The van der Waals surface area contributed by atoms with Gasteiger partial charge in [0.2, 0.25) is 8.32 Å². The summed E-state index contributed by atoms with van der Waals surface area (Å²) in [5, 5.41) is 0. The van der Waals surface area contributed by atoms with Crippen molar-refractivity contribution >= 4 is 8.32 Å². The number of nitrogens with zero attached hydrogens (tertiary/aromatic N) is 1. The van der Waals surface area contributed by atoms with E-state index < -0.39 is 20.0 Å². The van der Waals surface area contributed by atoms with Gasteiger partial charge in [-0.1, -0.05) is 66.7 Å². The third-order valence-electron chi connectivity index (χ3n) is 7.44. The second kappa shape index (κ2) is 9.49. The Hall–Kier alpha value is -1.59. The minimum atomic E-state index is -2.12. The van der Waals surface area contributed by atoms with Crippen molar-refractivity contribution in [2.24, 2.45) is 0 Å². The van der Waals surface area contributed by atoms with Crippen LogP contribution in [0.2, 0.25) is 16.6 Å². The van der Waals surface area contributed by atoms with Crippen molar-refractivity contribution in [1.29, 1.82) is 0 Å². The van der Waals surface area contributed by atoms with E-state index in [-0.39, 0.29) is 17.9 Å². The van der Waals surface area contributed by atoms with Crippen molar-refractivity contribution in [3.63, 3.8) is 0 Å². The average molecular weight is 446 g/mol. The maximum atomic E-state index is 14.7. The van der Waals surface area contributed by atoms with E-state index in [1.807, 2.05) is 12.3 Å². The van der Waals surface area contributed by atoms with Gasteiger partial charge in [0.15, 0.2) is 11.6 Å². The van der Waals surface area contributed by atoms with E-state index >= 15 is 0 Å². The number of halogens is 2. The number of pyridine rings is 1. The molecule has 3 rings (SSSR count). The molecule has 0 bridgehead atoms. The van der Waals surface area contributed by atoms with E-state index in [9.17, 15) is 8.78 Å². The van der Waals surface area contributed by atoms with Crippen LogP contribution in [-0.4, -0.2) is 13.3 Å². The molecule has 2 aromatic rings. The molecule has 0 aliphatic heterocycles. The zero-order chi connectivity index (χ0) is 22.9. The van der Waals surface area contributed by atoms with E-state index in [0.29, 0.717) is 22.2 Å². The standard InChI is InChI=1S/C26H37F2NOSi/c1-16(2)31(17(3)4,18(5)6)30-24-14-13-20(22-10-8-12-23(27)25(22)28)19(7)21-11-9-15-29-26(21)24/h8-12,15-20,24H,13-14H2,1-7H3/t19-,20-,24+/m0/s1. The zero-order valence-corrected chi connectivity index (χ0v) is 21.0. The van der Waals surface area contributed by atoms with Crippen LogP contribution in [0.1, 0.15) is 96.1 Å². The predicted octanol–water partition coefficient (Wildman–Crippen LogP) is 8.27. The molecule has 0 spiro atoms. The summed E-state index contributed by atoms with van der Waals surface area (Å²) in [6, 6.07) is 8.55. The lowest BCUT2D eigenvalue weighted by atomic mass is 9.81. The highest BCUT2D eigenvalue weighted by Gasteiger charge is 2.48. The first-order valence-electron chi connectivity index (χ1n) is 11.7. The number of hydrogen-bond donors (Lipinski definition) is 0. The minimum Gasteiger partial charge on any atom is -0.408 e. The van der Waals surface area contributed by atoms with Crippen LogP contribution in [0.15, 0.2) is 36.5 Å². The summed E-state index contributed by atoms with van der Waals surface area (Å²) in [6.07, 6.45) is 3.21. The fourth-order valence-corrected chi connectivity index (χ4v) is 11.6. The van der Waals surface area contributed by atoms with Crippen LogP contribution < -0.4 is 0 Å². The highest BCUT2D eigenvalue weighted by Crippen LogP contribution is 2.50. The highest BCUT2D eigenvalue weighted by molar-refractivity contribution is 6.77. The van der Waals surface area contributed by atoms with E-state index in [4.69, 9.17) is 9.41 Å². The van der Waals surface area contributed by atoms with E-state index in [1.165, 1.54) is 6.07 Å². The van der Waals surface area contributed by atoms with Gasteiger partial charge in [0.1, 0.15) is 0 Å². The SMILES string of the molecule is CC(C)[Si](O[C@@H]1CC[C@H](c2cccc(F)c2F)[C@H](C)c2cccnc21)(C(C)C)C(C)C. The van der Waals surface area contributed by atoms with Gasteiger partial charge in [-0.15, -0.1) is 0 Å². The highest BCUT2D eigenvalue weighted by atomic mass is 28.4. The van der Waals surface area contributed by atoms with E-state index in [2.05, 4.69) is 54.5 Å². The van der Waals surface area contributed by atoms with Crippen LogP contribution >= 0.6 is 0 Å². The molecule has 31 heavy (non-hydrogen) atoms. The van der Waals surface area contributed by atoms with Crippen LogP contribution in [0.4, 0.5) is 8.78 Å². The zero-order valence-electron chi connectivity index (χ0n) is 20.0. The van der Waals surface area contributed by atoms with Gasteiger partial charge in [0.05, 0.1) is 11.8 Å². The second-order valence-corrected chi connectivity index (χ2v) is 15.4. The van der Waals surface area contributed by atoms with E-state index in [0.717, 1.165) is 24.1 Å². The molecule has 1 aromatic carbocycles. The molecule has 5 heteroatoms. The number of benzene rings is 1. The Kier molecular flexibility index (Phi) is 7.37. The summed E-state index contributed by atoms with van der Waals surface area (Å²) in [7, 11) is -2.12. The molecule has 0 unspecified atom stereocenters. The van der Waals surface area contributed by atoms with Gasteiger partial charge in [-0.25, -0.2) is 8.78 Å². The molecule has 0 amide bonds. The van der Waals surface area contributed by atoms with Crippen molar-refractivity contribution in [3.8, 4) is 0 Å². The third kappa shape index (κ3) is 4.36. The molecule has 1 heterocycles. The molecular formula is C26H37F2NOSi. The van der Waals surface area contributed by atoms with Crippen LogP contribution in [0, 0.1) is 11.6 Å². The van der Waals surface area contributed by atoms with Crippen LogP contribution in [0.25, 0.3) is 0 Å². The van der Waals surface area contributed by atoms with Gasteiger partial charge in [0.25, 0.3) is 0 Å². The molecule has 2 nitrogen and oxygen atoms in total. The topological polar surface area (TPSA) is 22.1 Å². The van der Waals surface area contributed by atoms with Crippen LogP contribution in [0.5, 0.6) is 0 Å². The van der Waals surface area contributed by atoms with Crippen LogP contribution in [-0.2, 0) is 4.43 Å². The first kappa shape index (κ1) is 24.1. The van der Waals surface area contributed by atoms with Gasteiger partial charge in [-0.05, 0) is 64.6 Å². The van der Waals surface area contributed by atoms with Crippen molar-refractivity contribution in [1.82, 2.24) is 4.98 Å². The summed E-state index contributed by atoms with van der Waals surface area (Å²) in [6.45, 7) is 15.8. The van der Waals surface area contributed by atoms with Gasteiger partial charge in [-0.2, -0.15) is 0 Å². The molecule has 1 aliphatic carbocycles. The summed E-state index contributed by atoms with van der Waals surface area (Å²) >= 11 is 0. The molecule has 1 aliphatic rings. The lowest BCUT2D eigenvalue weighted by Gasteiger charge is -2.44. The van der Waals surface area contributed by atoms with Crippen molar-refractivity contribution in [2.45, 2.75) is 95.9 Å². The molecule has 3 atom stereocenters. The molecule has 0 N–H and O–H groups in total. The first-order chi connectivity index (χ1) is 14.6. The monoisotopic (exact) mass is 445 g/mol. The Labute approximate surface area is 187 Å². The Morgan fingerprint density at radius 1 is 0.903 bits per heavy atom. The minimum absolute atomic E-state index is 0.0295. The van der Waals surface area contributed by atoms with Gasteiger partial charge < -0.3 is 4.43 Å². The maximum Gasteiger partial charge on any atom is 0.201 e. The predicted molar refractivity (Wildman–Crippen MR) is 126 cm³/mol. The van der Waals surface area contributed by atoms with Crippen LogP contribution in [0.3, 0.4) is 0 Å². The Bertz CT molecular complexity index is 877. The Balaban J connectivity index is 2.06. The molecule has 170 valence electrons. The molecule has 0 radical (unpaired) electrons. The number of aromatic nitrogens is 1. The summed E-state index contributed by atoms with van der Waals surface area (Å²) < 4.78 is 35.9. The smallest absolute Gasteiger partial charge is 0.201 e. The lowest BCUT2D eigenvalue weighted by molar-refractivity contribution is 0.159. The lowest BCUT2D eigenvalue weighted by Crippen LogP contribution is -2.48. The summed E-state index contributed by atoms with van der Waals surface area (Å²) in [4.78, 5) is 4.77. The molecule has 0 fully saturated rings. The van der Waals surface area contributed by atoms with Crippen molar-refractivity contribution in [2.75, 3.05) is 0 Å². The number of rotatable bonds is 6. The number of fused-ring (bicyclic) bond motifs is 1. The number of hydrogen-bond acceptors (Lipinski definition) is 2. The maximum absolute atomic E-state index is 14.7. The summed E-state index contributed by atoms with van der Waals surface area (Å²) in [5.74, 6) is -1.58. The molecule has 0 saturated heterocycles. The van der Waals surface area contributed by atoms with Gasteiger partial charge >= 0.3 is 0 Å². The molecule has 1 aromatic heterocycles. The van der Waals surface area contributed by atoms with Gasteiger partial charge in [0, 0.05) is 6.20 Å². The Morgan fingerprint density at radius 2 is 1.52 bits per heavy atom. The third-order valence-corrected chi connectivity index (χ3v) is 13.6. The quantitative estimate of drug-likeness (QED) is 0.330. The fourth-order valence-electron chi connectivity index (χ4n) is 6.02. The fraction of sp³-hybridized carbons (Fsp3) is 0.577. The van der Waals surface area contributed by atoms with Crippen molar-refractivity contribution in [3.05, 3.63) is 65.0 Å². The second-order valence-electron chi connectivity index (χ2n) is 10.0. The van der Waals surface area contributed by atoms with E-state index in [1.54, 1.807) is 12.1 Å².